The average molecular weight is 376 g/mol. The van der Waals surface area contributed by atoms with Crippen molar-refractivity contribution in [1.29, 1.82) is 0 Å². The van der Waals surface area contributed by atoms with E-state index in [2.05, 4.69) is 15.7 Å². The fourth-order valence-corrected chi connectivity index (χ4v) is 4.41. The first-order chi connectivity index (χ1) is 12.5. The SMILES string of the molecule is Cn1cc2c(F)cc(NC(=O)c3sc(C4CCNCC4)cc3F)cc2n1. The number of fused-ring (bicyclic) bond motifs is 1. The third-order valence-corrected chi connectivity index (χ3v) is 5.87. The van der Waals surface area contributed by atoms with Crippen LogP contribution in [0.5, 0.6) is 0 Å². The Balaban J connectivity index is 1.57. The van der Waals surface area contributed by atoms with Gasteiger partial charge < -0.3 is 10.6 Å². The highest BCUT2D eigenvalue weighted by molar-refractivity contribution is 7.14. The van der Waals surface area contributed by atoms with E-state index >= 15 is 0 Å². The average Bonchev–Trinajstić information content (AvgIpc) is 3.18. The minimum Gasteiger partial charge on any atom is -0.321 e. The summed E-state index contributed by atoms with van der Waals surface area (Å²) in [5, 5.41) is 10.4. The fraction of sp³-hybridized carbons (Fsp3) is 0.333. The smallest absolute Gasteiger partial charge is 0.268 e. The number of nitrogens with one attached hydrogen (secondary N) is 2. The number of piperidine rings is 1. The molecule has 1 saturated heterocycles. The highest BCUT2D eigenvalue weighted by Crippen LogP contribution is 2.33. The minimum atomic E-state index is -0.567. The van der Waals surface area contributed by atoms with Crippen LogP contribution >= 0.6 is 11.3 Å². The summed E-state index contributed by atoms with van der Waals surface area (Å²) in [6, 6.07) is 4.26. The van der Waals surface area contributed by atoms with Crippen molar-refractivity contribution in [3.05, 3.63) is 45.8 Å². The van der Waals surface area contributed by atoms with Crippen molar-refractivity contribution in [1.82, 2.24) is 15.1 Å². The molecule has 26 heavy (non-hydrogen) atoms. The summed E-state index contributed by atoms with van der Waals surface area (Å²) in [5.74, 6) is -1.30. The molecule has 1 aliphatic heterocycles. The summed E-state index contributed by atoms with van der Waals surface area (Å²) in [7, 11) is 1.70. The molecule has 2 N–H and O–H groups in total. The van der Waals surface area contributed by atoms with Crippen molar-refractivity contribution < 1.29 is 13.6 Å². The standard InChI is InChI=1S/C18H18F2N4OS/c1-24-9-12-13(19)6-11(7-15(12)23-24)22-18(25)17-14(20)8-16(26-17)10-2-4-21-5-3-10/h6-10,21H,2-5H2,1H3,(H,22,25). The lowest BCUT2D eigenvalue weighted by atomic mass is 9.96. The van der Waals surface area contributed by atoms with Gasteiger partial charge >= 0.3 is 0 Å². The van der Waals surface area contributed by atoms with Crippen molar-refractivity contribution in [2.45, 2.75) is 18.8 Å². The van der Waals surface area contributed by atoms with Crippen LogP contribution in [-0.2, 0) is 7.05 Å². The van der Waals surface area contributed by atoms with Crippen molar-refractivity contribution in [3.8, 4) is 0 Å². The van der Waals surface area contributed by atoms with Gasteiger partial charge in [-0.05, 0) is 50.0 Å². The molecule has 0 spiro atoms. The first-order valence-electron chi connectivity index (χ1n) is 8.45. The Morgan fingerprint density at radius 3 is 2.81 bits per heavy atom. The van der Waals surface area contributed by atoms with Gasteiger partial charge in [0.15, 0.2) is 0 Å². The molecule has 0 unspecified atom stereocenters. The number of halogens is 2. The van der Waals surface area contributed by atoms with Gasteiger partial charge in [0.05, 0.1) is 10.9 Å². The van der Waals surface area contributed by atoms with Crippen molar-refractivity contribution in [2.75, 3.05) is 18.4 Å². The van der Waals surface area contributed by atoms with E-state index < -0.39 is 17.5 Å². The molecule has 8 heteroatoms. The second-order valence-electron chi connectivity index (χ2n) is 6.50. The van der Waals surface area contributed by atoms with Gasteiger partial charge in [0.1, 0.15) is 16.5 Å². The maximum atomic E-state index is 14.3. The Hall–Kier alpha value is -2.32. The molecule has 1 amide bonds. The second-order valence-corrected chi connectivity index (χ2v) is 7.58. The fourth-order valence-electron chi connectivity index (χ4n) is 3.31. The van der Waals surface area contributed by atoms with Crippen molar-refractivity contribution in [3.63, 3.8) is 0 Å². The van der Waals surface area contributed by atoms with Gasteiger partial charge in [0.2, 0.25) is 0 Å². The normalized spacial score (nSPS) is 15.5. The van der Waals surface area contributed by atoms with Crippen molar-refractivity contribution >= 4 is 33.8 Å². The summed E-state index contributed by atoms with van der Waals surface area (Å²) in [4.78, 5) is 13.4. The summed E-state index contributed by atoms with van der Waals surface area (Å²) in [6.45, 7) is 1.80. The molecule has 1 aliphatic rings. The van der Waals surface area contributed by atoms with Crippen LogP contribution in [0.25, 0.3) is 10.9 Å². The molecule has 136 valence electrons. The van der Waals surface area contributed by atoms with Gasteiger partial charge in [-0.25, -0.2) is 8.78 Å². The lowest BCUT2D eigenvalue weighted by Crippen LogP contribution is -2.26. The number of nitrogens with zero attached hydrogens (tertiary/aromatic N) is 2. The maximum Gasteiger partial charge on any atom is 0.268 e. The minimum absolute atomic E-state index is 0.0278. The van der Waals surface area contributed by atoms with Crippen LogP contribution in [0.3, 0.4) is 0 Å². The molecule has 5 nitrogen and oxygen atoms in total. The number of rotatable bonds is 3. The highest BCUT2D eigenvalue weighted by Gasteiger charge is 2.23. The van der Waals surface area contributed by atoms with Crippen LogP contribution in [0.4, 0.5) is 14.5 Å². The monoisotopic (exact) mass is 376 g/mol. The summed E-state index contributed by atoms with van der Waals surface area (Å²) in [6.07, 6.45) is 3.44. The first kappa shape index (κ1) is 17.1. The molecule has 0 aliphatic carbocycles. The number of hydrogen-bond donors (Lipinski definition) is 2. The molecule has 0 radical (unpaired) electrons. The summed E-state index contributed by atoms with van der Waals surface area (Å²) >= 11 is 1.18. The van der Waals surface area contributed by atoms with Crippen LogP contribution in [0.2, 0.25) is 0 Å². The summed E-state index contributed by atoms with van der Waals surface area (Å²) < 4.78 is 30.0. The molecule has 0 bridgehead atoms. The van der Waals surface area contributed by atoms with E-state index in [1.807, 2.05) is 0 Å². The Kier molecular flexibility index (Phi) is 4.46. The number of aromatic nitrogens is 2. The predicted octanol–water partition coefficient (Wildman–Crippen LogP) is 3.63. The topological polar surface area (TPSA) is 59.0 Å². The number of carbonyl (C=O) groups excluding carboxylic acids is 1. The third kappa shape index (κ3) is 3.22. The Morgan fingerprint density at radius 1 is 1.27 bits per heavy atom. The Morgan fingerprint density at radius 2 is 2.04 bits per heavy atom. The Bertz CT molecular complexity index is 975. The molecule has 2 aromatic heterocycles. The maximum absolute atomic E-state index is 14.3. The van der Waals surface area contributed by atoms with E-state index in [4.69, 9.17) is 0 Å². The molecule has 1 aromatic carbocycles. The zero-order valence-corrected chi connectivity index (χ0v) is 15.0. The summed E-state index contributed by atoms with van der Waals surface area (Å²) in [5.41, 5.74) is 0.694. The number of amides is 1. The van der Waals surface area contributed by atoms with E-state index in [9.17, 15) is 13.6 Å². The van der Waals surface area contributed by atoms with Crippen LogP contribution < -0.4 is 10.6 Å². The predicted molar refractivity (Wildman–Crippen MR) is 97.7 cm³/mol. The lowest BCUT2D eigenvalue weighted by Gasteiger charge is -2.21. The van der Waals surface area contributed by atoms with Gasteiger partial charge in [-0.1, -0.05) is 0 Å². The van der Waals surface area contributed by atoms with Gasteiger partial charge in [-0.3, -0.25) is 9.48 Å². The number of hydrogen-bond acceptors (Lipinski definition) is 4. The molecule has 0 atom stereocenters. The van der Waals surface area contributed by atoms with E-state index in [0.29, 0.717) is 10.9 Å². The zero-order valence-electron chi connectivity index (χ0n) is 14.2. The second kappa shape index (κ2) is 6.77. The van der Waals surface area contributed by atoms with E-state index in [0.717, 1.165) is 30.8 Å². The molecule has 0 saturated carbocycles. The zero-order chi connectivity index (χ0) is 18.3. The van der Waals surface area contributed by atoms with Crippen molar-refractivity contribution in [2.24, 2.45) is 7.05 Å². The molecular weight excluding hydrogens is 358 g/mol. The van der Waals surface area contributed by atoms with E-state index in [1.54, 1.807) is 19.3 Å². The van der Waals surface area contributed by atoms with Gasteiger partial charge in [0.25, 0.3) is 5.91 Å². The lowest BCUT2D eigenvalue weighted by molar-refractivity contribution is 0.102. The largest absolute Gasteiger partial charge is 0.321 e. The number of anilines is 1. The number of thiophene rings is 1. The first-order valence-corrected chi connectivity index (χ1v) is 9.27. The molecular formula is C18H18F2N4OS. The van der Waals surface area contributed by atoms with Gasteiger partial charge in [-0.15, -0.1) is 11.3 Å². The number of benzene rings is 1. The van der Waals surface area contributed by atoms with E-state index in [1.165, 1.54) is 28.2 Å². The number of carbonyl (C=O) groups is 1. The van der Waals surface area contributed by atoms with Crippen LogP contribution in [0, 0.1) is 11.6 Å². The van der Waals surface area contributed by atoms with Crippen LogP contribution in [0.1, 0.15) is 33.3 Å². The Labute approximate surface area is 153 Å². The molecule has 3 aromatic rings. The quantitative estimate of drug-likeness (QED) is 0.734. The number of aryl methyl sites for hydroxylation is 1. The van der Waals surface area contributed by atoms with Gasteiger partial charge in [0, 0.05) is 23.8 Å². The van der Waals surface area contributed by atoms with E-state index in [-0.39, 0.29) is 16.5 Å². The third-order valence-electron chi connectivity index (χ3n) is 4.60. The molecule has 1 fully saturated rings. The molecule has 4 rings (SSSR count). The van der Waals surface area contributed by atoms with Gasteiger partial charge in [-0.2, -0.15) is 5.10 Å². The van der Waals surface area contributed by atoms with Crippen LogP contribution in [-0.4, -0.2) is 28.8 Å². The van der Waals surface area contributed by atoms with Crippen LogP contribution in [0.15, 0.2) is 24.4 Å². The molecule has 3 heterocycles. The highest BCUT2D eigenvalue weighted by atomic mass is 32.1.